The summed E-state index contributed by atoms with van der Waals surface area (Å²) >= 11 is 0. The monoisotopic (exact) mass is 983 g/mol. The molecule has 1 aliphatic carbocycles. The molecular weight excluding hydrogens is 932 g/mol. The summed E-state index contributed by atoms with van der Waals surface area (Å²) in [5.74, 6) is -9.05. The molecule has 1 saturated carbocycles. The highest BCUT2D eigenvalue weighted by molar-refractivity contribution is 6.25. The van der Waals surface area contributed by atoms with E-state index in [-0.39, 0.29) is 101 Å². The smallest absolute Gasteiger partial charge is 0.342 e. The number of hydrogen-bond acceptors (Lipinski definition) is 14. The molecule has 0 bridgehead atoms. The minimum Gasteiger partial charge on any atom is -0.495 e. The van der Waals surface area contributed by atoms with Crippen molar-refractivity contribution in [3.05, 3.63) is 59.0 Å². The average Bonchev–Trinajstić information content (AvgIpc) is 4.07. The van der Waals surface area contributed by atoms with Crippen molar-refractivity contribution in [1.82, 2.24) is 35.3 Å². The zero-order chi connectivity index (χ0) is 50.1. The predicted molar refractivity (Wildman–Crippen MR) is 247 cm³/mol. The number of alkyl halides is 2. The first kappa shape index (κ1) is 47.4. The van der Waals surface area contributed by atoms with E-state index in [1.807, 2.05) is 4.90 Å². The SMILES string of the molecule is COc1cc(C(=O)N[C@@H]2CCN(C(=O)CCCC(=O)N3CC4(C3)CN(c3cccc5c3C(=O)N(C3CCC(=O)NC3=O)C5=O)C4)C2)c(F)cc1Nc1ncc2c(n1)N(C1CCCC1)CC(F)(F)C(=O)N2C. The second-order valence-corrected chi connectivity index (χ2v) is 19.6. The summed E-state index contributed by atoms with van der Waals surface area (Å²) in [6.07, 6.45) is 5.39. The number of piperidine rings is 1. The Kier molecular flexibility index (Phi) is 12.1. The highest BCUT2D eigenvalue weighted by Gasteiger charge is 2.55. The van der Waals surface area contributed by atoms with Gasteiger partial charge >= 0.3 is 5.92 Å². The van der Waals surface area contributed by atoms with Crippen LogP contribution in [0.5, 0.6) is 5.75 Å². The molecule has 1 aromatic heterocycles. The molecule has 2 atom stereocenters. The van der Waals surface area contributed by atoms with Crippen LogP contribution in [0.25, 0.3) is 0 Å². The lowest BCUT2D eigenvalue weighted by Crippen LogP contribution is -2.73. The molecule has 10 rings (SSSR count). The summed E-state index contributed by atoms with van der Waals surface area (Å²) in [7, 11) is 2.57. The van der Waals surface area contributed by atoms with Gasteiger partial charge < -0.3 is 39.9 Å². The third-order valence-electron chi connectivity index (χ3n) is 14.8. The first-order chi connectivity index (χ1) is 33.9. The number of hydrogen-bond donors (Lipinski definition) is 3. The standard InChI is InChI=1S/C48H52F3N11O9/c1-57-34-19-52-46(56-40(34)61(27-7-3-4-8-27)25-48(50,51)45(57)70)54-31-18-30(49)29(17-35(31)71-2)41(66)53-26-15-16-58(20-26)37(64)11-6-12-38(65)60-23-47(24-60)21-59(22-47)32-10-5-9-28-39(32)44(69)62(43(28)68)33-13-14-36(63)55-42(33)67/h5,9-10,17-19,26-27,33H,3-4,6-8,11-16,20-25H2,1-2H3,(H,53,66)(H,52,54,56)(H,55,63,67)/t26-,33?/m1/s1. The van der Waals surface area contributed by atoms with Gasteiger partial charge in [0.25, 0.3) is 23.6 Å². The van der Waals surface area contributed by atoms with E-state index < -0.39 is 65.8 Å². The van der Waals surface area contributed by atoms with Crippen LogP contribution in [0, 0.1) is 11.2 Å². The van der Waals surface area contributed by atoms with Gasteiger partial charge in [-0.1, -0.05) is 18.9 Å². The minimum atomic E-state index is -3.66. The Morgan fingerprint density at radius 1 is 0.901 bits per heavy atom. The van der Waals surface area contributed by atoms with Crippen molar-refractivity contribution in [2.75, 3.05) is 80.0 Å². The van der Waals surface area contributed by atoms with Gasteiger partial charge in [0.15, 0.2) is 5.82 Å². The highest BCUT2D eigenvalue weighted by atomic mass is 19.3. The zero-order valence-corrected chi connectivity index (χ0v) is 39.1. The summed E-state index contributed by atoms with van der Waals surface area (Å²) in [4.78, 5) is 121. The third-order valence-corrected chi connectivity index (χ3v) is 14.8. The maximum atomic E-state index is 15.7. The van der Waals surface area contributed by atoms with Gasteiger partial charge in [0, 0.05) is 89.1 Å². The fourth-order valence-electron chi connectivity index (χ4n) is 11.1. The Hall–Kier alpha value is -7.33. The second kappa shape index (κ2) is 18.1. The molecule has 0 radical (unpaired) electrons. The van der Waals surface area contributed by atoms with E-state index in [4.69, 9.17) is 4.74 Å². The van der Waals surface area contributed by atoms with Crippen molar-refractivity contribution in [2.45, 2.75) is 88.3 Å². The number of likely N-dealkylation sites (tertiary alicyclic amines) is 2. The molecule has 20 nitrogen and oxygen atoms in total. The van der Waals surface area contributed by atoms with Crippen molar-refractivity contribution in [2.24, 2.45) is 5.41 Å². The molecule has 2 aromatic carbocycles. The molecule has 6 aliphatic heterocycles. The molecule has 374 valence electrons. The predicted octanol–water partition coefficient (Wildman–Crippen LogP) is 2.98. The fourth-order valence-corrected chi connectivity index (χ4v) is 11.1. The molecule has 5 fully saturated rings. The minimum absolute atomic E-state index is 0.0259. The number of anilines is 5. The summed E-state index contributed by atoms with van der Waals surface area (Å²) in [5.41, 5.74) is 0.698. The van der Waals surface area contributed by atoms with Crippen LogP contribution in [0.1, 0.15) is 95.3 Å². The average molecular weight is 984 g/mol. The van der Waals surface area contributed by atoms with E-state index in [0.29, 0.717) is 64.1 Å². The number of ether oxygens (including phenoxy) is 1. The molecule has 4 saturated heterocycles. The number of amides is 8. The van der Waals surface area contributed by atoms with E-state index in [9.17, 15) is 38.4 Å². The summed E-state index contributed by atoms with van der Waals surface area (Å²) in [6.45, 7) is 1.85. The number of nitrogens with zero attached hydrogens (tertiary/aromatic N) is 8. The Balaban J connectivity index is 0.684. The number of carbonyl (C=O) groups is 8. The number of benzene rings is 2. The summed E-state index contributed by atoms with van der Waals surface area (Å²) in [6, 6.07) is 5.47. The summed E-state index contributed by atoms with van der Waals surface area (Å²) in [5, 5.41) is 7.89. The first-order valence-electron chi connectivity index (χ1n) is 23.8. The van der Waals surface area contributed by atoms with Crippen molar-refractivity contribution >= 4 is 76.1 Å². The Labute approximate surface area is 405 Å². The number of fused-ring (bicyclic) bond motifs is 2. The van der Waals surface area contributed by atoms with Crippen LogP contribution in [0.15, 0.2) is 36.5 Å². The van der Waals surface area contributed by atoms with Gasteiger partial charge in [-0.2, -0.15) is 13.8 Å². The number of imide groups is 2. The van der Waals surface area contributed by atoms with Crippen molar-refractivity contribution in [3.63, 3.8) is 0 Å². The first-order valence-corrected chi connectivity index (χ1v) is 23.8. The van der Waals surface area contributed by atoms with E-state index in [2.05, 4.69) is 25.9 Å². The van der Waals surface area contributed by atoms with Gasteiger partial charge in [-0.05, 0) is 50.3 Å². The molecule has 3 N–H and O–H groups in total. The largest absolute Gasteiger partial charge is 0.495 e. The van der Waals surface area contributed by atoms with Crippen LogP contribution in [0.2, 0.25) is 0 Å². The lowest BCUT2D eigenvalue weighted by Gasteiger charge is -2.61. The molecule has 7 heterocycles. The fraction of sp³-hybridized carbons (Fsp3) is 0.500. The second-order valence-electron chi connectivity index (χ2n) is 19.6. The van der Waals surface area contributed by atoms with Gasteiger partial charge in [0.2, 0.25) is 29.6 Å². The van der Waals surface area contributed by atoms with Crippen LogP contribution in [-0.2, 0) is 24.0 Å². The quantitative estimate of drug-likeness (QED) is 0.222. The molecule has 8 amide bonds. The van der Waals surface area contributed by atoms with E-state index in [1.54, 1.807) is 28.0 Å². The number of aromatic nitrogens is 2. The van der Waals surface area contributed by atoms with Crippen LogP contribution in [0.3, 0.4) is 0 Å². The highest BCUT2D eigenvalue weighted by Crippen LogP contribution is 2.45. The van der Waals surface area contributed by atoms with E-state index in [1.165, 1.54) is 31.3 Å². The normalized spacial score (nSPS) is 22.5. The lowest BCUT2D eigenvalue weighted by molar-refractivity contribution is -0.145. The Morgan fingerprint density at radius 2 is 1.63 bits per heavy atom. The van der Waals surface area contributed by atoms with Gasteiger partial charge in [0.1, 0.15) is 23.3 Å². The molecule has 71 heavy (non-hydrogen) atoms. The number of halogens is 3. The molecule has 1 unspecified atom stereocenters. The van der Waals surface area contributed by atoms with Crippen LogP contribution in [0.4, 0.5) is 42.0 Å². The van der Waals surface area contributed by atoms with Crippen LogP contribution < -0.4 is 35.4 Å². The lowest BCUT2D eigenvalue weighted by atomic mass is 9.72. The van der Waals surface area contributed by atoms with Crippen molar-refractivity contribution < 1.29 is 56.3 Å². The maximum Gasteiger partial charge on any atom is 0.342 e. The molecular formula is C48H52F3N11O9. The van der Waals surface area contributed by atoms with Crippen molar-refractivity contribution in [1.29, 1.82) is 0 Å². The molecule has 23 heteroatoms. The number of carbonyl (C=O) groups excluding carboxylic acids is 8. The van der Waals surface area contributed by atoms with Crippen LogP contribution in [-0.4, -0.2) is 156 Å². The van der Waals surface area contributed by atoms with Gasteiger partial charge in [-0.25, -0.2) is 9.37 Å². The third kappa shape index (κ3) is 8.61. The number of rotatable bonds is 12. The van der Waals surface area contributed by atoms with Gasteiger partial charge in [-0.15, -0.1) is 0 Å². The zero-order valence-electron chi connectivity index (χ0n) is 39.1. The number of methoxy groups -OCH3 is 1. The summed E-state index contributed by atoms with van der Waals surface area (Å²) < 4.78 is 51.3. The Bertz CT molecular complexity index is 2770. The Morgan fingerprint density at radius 3 is 2.35 bits per heavy atom. The topological polar surface area (TPSA) is 227 Å². The molecule has 1 spiro atoms. The van der Waals surface area contributed by atoms with E-state index in [0.717, 1.165) is 28.7 Å². The van der Waals surface area contributed by atoms with Crippen LogP contribution >= 0.6 is 0 Å². The van der Waals surface area contributed by atoms with Crippen molar-refractivity contribution in [3.8, 4) is 5.75 Å². The molecule has 7 aliphatic rings. The number of nitrogens with one attached hydrogen (secondary N) is 3. The maximum absolute atomic E-state index is 15.7. The van der Waals surface area contributed by atoms with Gasteiger partial charge in [-0.3, -0.25) is 48.6 Å². The van der Waals surface area contributed by atoms with E-state index >= 15 is 13.2 Å². The molecule has 3 aromatic rings. The van der Waals surface area contributed by atoms with Gasteiger partial charge in [0.05, 0.1) is 47.9 Å².